The van der Waals surface area contributed by atoms with E-state index in [2.05, 4.69) is 0 Å². The zero-order chi connectivity index (χ0) is 10.4. The van der Waals surface area contributed by atoms with Crippen molar-refractivity contribution in [2.45, 2.75) is 19.8 Å². The Morgan fingerprint density at radius 2 is 1.57 bits per heavy atom. The molecule has 0 saturated carbocycles. The quantitative estimate of drug-likeness (QED) is 0.773. The third kappa shape index (κ3) is 2.54. The van der Waals surface area contributed by atoms with Crippen LogP contribution >= 0.6 is 0 Å². The molecule has 0 heterocycles. The topological polar surface area (TPSA) is 44.5 Å². The van der Waals surface area contributed by atoms with Gasteiger partial charge in [0.2, 0.25) is 0 Å². The molecule has 0 saturated heterocycles. The van der Waals surface area contributed by atoms with Crippen LogP contribution in [0.4, 0.5) is 0 Å². The van der Waals surface area contributed by atoms with Gasteiger partial charge in [-0.25, -0.2) is 0 Å². The van der Waals surface area contributed by atoms with E-state index in [0.29, 0.717) is 19.8 Å². The lowest BCUT2D eigenvalue weighted by atomic mass is 10.0. The maximum absolute atomic E-state index is 5.70. The molecule has 0 unspecified atom stereocenters. The number of hydrogen-bond acceptors (Lipinski definition) is 3. The highest BCUT2D eigenvalue weighted by atomic mass is 16.5. The molecule has 14 heavy (non-hydrogen) atoms. The molecular weight excluding hydrogens is 178 g/mol. The third-order valence-electron chi connectivity index (χ3n) is 2.17. The Kier molecular flexibility index (Phi) is 4.59. The highest BCUT2D eigenvalue weighted by Gasteiger charge is 2.05. The van der Waals surface area contributed by atoms with E-state index in [1.54, 1.807) is 14.2 Å². The minimum Gasteiger partial charge on any atom is -0.380 e. The van der Waals surface area contributed by atoms with Gasteiger partial charge in [-0.05, 0) is 16.7 Å². The number of rotatable bonds is 5. The fraction of sp³-hybridized carbons (Fsp3) is 0.455. The molecule has 0 amide bonds. The molecule has 1 rings (SSSR count). The van der Waals surface area contributed by atoms with Crippen LogP contribution in [0.15, 0.2) is 18.2 Å². The smallest absolute Gasteiger partial charge is 0.0716 e. The fourth-order valence-electron chi connectivity index (χ4n) is 1.53. The van der Waals surface area contributed by atoms with E-state index in [9.17, 15) is 0 Å². The summed E-state index contributed by atoms with van der Waals surface area (Å²) < 4.78 is 10.2. The van der Waals surface area contributed by atoms with Crippen LogP contribution in [0.3, 0.4) is 0 Å². The summed E-state index contributed by atoms with van der Waals surface area (Å²) in [5.41, 5.74) is 9.12. The highest BCUT2D eigenvalue weighted by Crippen LogP contribution is 2.16. The first-order chi connectivity index (χ1) is 6.83. The molecule has 1 aromatic rings. The largest absolute Gasteiger partial charge is 0.380 e. The third-order valence-corrected chi connectivity index (χ3v) is 2.17. The molecule has 3 heteroatoms. The zero-order valence-electron chi connectivity index (χ0n) is 8.75. The Bertz CT molecular complexity index is 262. The van der Waals surface area contributed by atoms with E-state index < -0.39 is 0 Å². The van der Waals surface area contributed by atoms with Crippen molar-refractivity contribution >= 4 is 0 Å². The van der Waals surface area contributed by atoms with E-state index >= 15 is 0 Å². The fourth-order valence-corrected chi connectivity index (χ4v) is 1.53. The van der Waals surface area contributed by atoms with Gasteiger partial charge in [0.25, 0.3) is 0 Å². The van der Waals surface area contributed by atoms with Crippen LogP contribution in [-0.4, -0.2) is 14.2 Å². The second kappa shape index (κ2) is 5.75. The molecule has 3 nitrogen and oxygen atoms in total. The lowest BCUT2D eigenvalue weighted by Crippen LogP contribution is -2.07. The predicted octanol–water partition coefficient (Wildman–Crippen LogP) is 1.44. The van der Waals surface area contributed by atoms with Crippen LogP contribution in [0, 0.1) is 0 Å². The van der Waals surface area contributed by atoms with Gasteiger partial charge in [-0.15, -0.1) is 0 Å². The van der Waals surface area contributed by atoms with Crippen molar-refractivity contribution in [3.8, 4) is 0 Å². The standard InChI is InChI=1S/C11H17NO2/c1-13-7-9-4-3-5-10(8-14-2)11(9)6-12/h3-5H,6-8,12H2,1-2H3. The van der Waals surface area contributed by atoms with E-state index in [4.69, 9.17) is 15.2 Å². The van der Waals surface area contributed by atoms with Crippen LogP contribution in [0.2, 0.25) is 0 Å². The van der Waals surface area contributed by atoms with Crippen molar-refractivity contribution < 1.29 is 9.47 Å². The molecule has 0 radical (unpaired) electrons. The summed E-state index contributed by atoms with van der Waals surface area (Å²) >= 11 is 0. The lowest BCUT2D eigenvalue weighted by Gasteiger charge is -2.12. The number of benzene rings is 1. The van der Waals surface area contributed by atoms with Crippen LogP contribution in [0.1, 0.15) is 16.7 Å². The number of ether oxygens (including phenoxy) is 2. The Balaban J connectivity index is 2.98. The monoisotopic (exact) mass is 195 g/mol. The number of nitrogens with two attached hydrogens (primary N) is 1. The Morgan fingerprint density at radius 3 is 1.93 bits per heavy atom. The number of hydrogen-bond donors (Lipinski definition) is 1. The average molecular weight is 195 g/mol. The SMILES string of the molecule is COCc1cccc(COC)c1CN. The second-order valence-electron chi connectivity index (χ2n) is 3.12. The zero-order valence-corrected chi connectivity index (χ0v) is 8.75. The van der Waals surface area contributed by atoms with Gasteiger partial charge in [0.05, 0.1) is 13.2 Å². The molecule has 1 aromatic carbocycles. The van der Waals surface area contributed by atoms with Gasteiger partial charge < -0.3 is 15.2 Å². The average Bonchev–Trinajstić information content (AvgIpc) is 2.19. The summed E-state index contributed by atoms with van der Waals surface area (Å²) in [6.45, 7) is 1.73. The molecule has 0 bridgehead atoms. The van der Waals surface area contributed by atoms with Gasteiger partial charge in [-0.2, -0.15) is 0 Å². The van der Waals surface area contributed by atoms with E-state index in [1.807, 2.05) is 18.2 Å². The van der Waals surface area contributed by atoms with E-state index in [-0.39, 0.29) is 0 Å². The van der Waals surface area contributed by atoms with Gasteiger partial charge in [-0.1, -0.05) is 18.2 Å². The lowest BCUT2D eigenvalue weighted by molar-refractivity contribution is 0.178. The summed E-state index contributed by atoms with van der Waals surface area (Å²) in [4.78, 5) is 0. The van der Waals surface area contributed by atoms with Crippen molar-refractivity contribution in [3.05, 3.63) is 34.9 Å². The first kappa shape index (κ1) is 11.2. The van der Waals surface area contributed by atoms with Crippen LogP contribution in [0.25, 0.3) is 0 Å². The van der Waals surface area contributed by atoms with Gasteiger partial charge >= 0.3 is 0 Å². The van der Waals surface area contributed by atoms with Crippen molar-refractivity contribution in [2.24, 2.45) is 5.73 Å². The van der Waals surface area contributed by atoms with Crippen molar-refractivity contribution in [1.82, 2.24) is 0 Å². The summed E-state index contributed by atoms with van der Waals surface area (Å²) in [5.74, 6) is 0. The second-order valence-corrected chi connectivity index (χ2v) is 3.12. The van der Waals surface area contributed by atoms with Crippen LogP contribution in [0.5, 0.6) is 0 Å². The van der Waals surface area contributed by atoms with E-state index in [0.717, 1.165) is 16.7 Å². The van der Waals surface area contributed by atoms with Crippen molar-refractivity contribution in [1.29, 1.82) is 0 Å². The minimum absolute atomic E-state index is 0.526. The highest BCUT2D eigenvalue weighted by molar-refractivity contribution is 5.34. The van der Waals surface area contributed by atoms with Crippen molar-refractivity contribution in [2.75, 3.05) is 14.2 Å². The molecule has 0 aliphatic rings. The Hall–Kier alpha value is -0.900. The van der Waals surface area contributed by atoms with Crippen LogP contribution in [-0.2, 0) is 29.2 Å². The van der Waals surface area contributed by atoms with Gasteiger partial charge in [0, 0.05) is 20.8 Å². The van der Waals surface area contributed by atoms with Crippen LogP contribution < -0.4 is 5.73 Å². The Labute approximate surface area is 84.8 Å². The summed E-state index contributed by atoms with van der Waals surface area (Å²) in [6, 6.07) is 6.07. The molecule has 78 valence electrons. The maximum atomic E-state index is 5.70. The predicted molar refractivity (Wildman–Crippen MR) is 55.8 cm³/mol. The van der Waals surface area contributed by atoms with Crippen molar-refractivity contribution in [3.63, 3.8) is 0 Å². The summed E-state index contributed by atoms with van der Waals surface area (Å²) in [7, 11) is 3.37. The first-order valence-electron chi connectivity index (χ1n) is 4.61. The van der Waals surface area contributed by atoms with Gasteiger partial charge in [0.1, 0.15) is 0 Å². The molecule has 0 fully saturated rings. The van der Waals surface area contributed by atoms with Gasteiger partial charge in [0.15, 0.2) is 0 Å². The minimum atomic E-state index is 0.526. The maximum Gasteiger partial charge on any atom is 0.0716 e. The number of methoxy groups -OCH3 is 2. The molecular formula is C11H17NO2. The molecule has 0 aliphatic carbocycles. The van der Waals surface area contributed by atoms with E-state index in [1.165, 1.54) is 0 Å². The molecule has 0 aromatic heterocycles. The normalized spacial score (nSPS) is 10.5. The molecule has 0 aliphatic heterocycles. The molecule has 0 atom stereocenters. The first-order valence-corrected chi connectivity index (χ1v) is 4.61. The molecule has 2 N–H and O–H groups in total. The molecule has 0 spiro atoms. The van der Waals surface area contributed by atoms with Gasteiger partial charge in [-0.3, -0.25) is 0 Å². The summed E-state index contributed by atoms with van der Waals surface area (Å²) in [6.07, 6.45) is 0. The summed E-state index contributed by atoms with van der Waals surface area (Å²) in [5, 5.41) is 0. The Morgan fingerprint density at radius 1 is 1.07 bits per heavy atom.